The molecule has 4 rings (SSSR count). The van der Waals surface area contributed by atoms with E-state index in [2.05, 4.69) is 38.0 Å². The van der Waals surface area contributed by atoms with Gasteiger partial charge in [0.2, 0.25) is 5.89 Å². The first kappa shape index (κ1) is 32.5. The van der Waals surface area contributed by atoms with E-state index in [1.165, 1.54) is 32.8 Å². The molecule has 0 fully saturated rings. The highest BCUT2D eigenvalue weighted by Gasteiger charge is 2.38. The Morgan fingerprint density at radius 3 is 2.02 bits per heavy atom. The van der Waals surface area contributed by atoms with Crippen LogP contribution in [-0.4, -0.2) is 30.6 Å². The van der Waals surface area contributed by atoms with Crippen molar-refractivity contribution in [3.63, 3.8) is 0 Å². The average Bonchev–Trinajstić information content (AvgIpc) is 3.53. The highest BCUT2D eigenvalue weighted by atomic mass is 16.5. The van der Waals surface area contributed by atoms with Crippen molar-refractivity contribution in [3.05, 3.63) is 95.7 Å². The lowest BCUT2D eigenvalue weighted by Crippen LogP contribution is -2.50. The van der Waals surface area contributed by atoms with Gasteiger partial charge in [-0.15, -0.1) is 0 Å². The van der Waals surface area contributed by atoms with Gasteiger partial charge in [0, 0.05) is 16.7 Å². The molecule has 1 amide bonds. The van der Waals surface area contributed by atoms with E-state index in [9.17, 15) is 9.59 Å². The third kappa shape index (κ3) is 7.95. The minimum Gasteiger partial charge on any atom is -0.494 e. The van der Waals surface area contributed by atoms with Crippen molar-refractivity contribution in [2.75, 3.05) is 13.7 Å². The Kier molecular flexibility index (Phi) is 10.6. The van der Waals surface area contributed by atoms with Crippen molar-refractivity contribution in [1.82, 2.24) is 10.3 Å². The standard InChI is InChI=1S/C37H44N2O5/c1-7-8-9-10-11-24-43-31-22-16-26(17-23-31)32-25-44-34(38-32)28-14-20-30(21-15-28)37(5,35(41)42-6)39-33(40)27-12-18-29(19-13-27)36(2,3)4/h12-23,25H,7-11,24H2,1-6H3,(H,39,40)/t37-/m0/s1. The number of hydrogen-bond donors (Lipinski definition) is 1. The first-order chi connectivity index (χ1) is 21.0. The lowest BCUT2D eigenvalue weighted by molar-refractivity contribution is -0.148. The highest BCUT2D eigenvalue weighted by Crippen LogP contribution is 2.30. The second-order valence-electron chi connectivity index (χ2n) is 12.3. The molecule has 1 heterocycles. The number of ether oxygens (including phenoxy) is 2. The van der Waals surface area contributed by atoms with Crippen molar-refractivity contribution in [1.29, 1.82) is 0 Å². The zero-order valence-corrected chi connectivity index (χ0v) is 26.7. The number of benzene rings is 3. The summed E-state index contributed by atoms with van der Waals surface area (Å²) in [7, 11) is 1.31. The summed E-state index contributed by atoms with van der Waals surface area (Å²) in [6.45, 7) is 10.9. The smallest absolute Gasteiger partial charge is 0.336 e. The Balaban J connectivity index is 1.44. The predicted octanol–water partition coefficient (Wildman–Crippen LogP) is 8.47. The fourth-order valence-corrected chi connectivity index (χ4v) is 4.97. The molecule has 0 saturated heterocycles. The van der Waals surface area contributed by atoms with E-state index in [1.807, 2.05) is 48.5 Å². The highest BCUT2D eigenvalue weighted by molar-refractivity contribution is 5.98. The molecule has 232 valence electrons. The summed E-state index contributed by atoms with van der Waals surface area (Å²) >= 11 is 0. The Bertz CT molecular complexity index is 1520. The maximum atomic E-state index is 13.2. The molecule has 0 radical (unpaired) electrons. The van der Waals surface area contributed by atoms with E-state index >= 15 is 0 Å². The molecule has 7 heteroatoms. The molecule has 0 aliphatic carbocycles. The Morgan fingerprint density at radius 2 is 1.41 bits per heavy atom. The third-order valence-electron chi connectivity index (χ3n) is 7.85. The van der Waals surface area contributed by atoms with Crippen LogP contribution in [0.25, 0.3) is 22.7 Å². The van der Waals surface area contributed by atoms with Crippen LogP contribution >= 0.6 is 0 Å². The third-order valence-corrected chi connectivity index (χ3v) is 7.85. The number of hydrogen-bond acceptors (Lipinski definition) is 6. The van der Waals surface area contributed by atoms with Crippen LogP contribution in [0.4, 0.5) is 0 Å². The maximum absolute atomic E-state index is 13.2. The van der Waals surface area contributed by atoms with Crippen molar-refractivity contribution in [3.8, 4) is 28.5 Å². The number of nitrogens with one attached hydrogen (secondary N) is 1. The van der Waals surface area contributed by atoms with Crippen LogP contribution in [0.3, 0.4) is 0 Å². The summed E-state index contributed by atoms with van der Waals surface area (Å²) in [5.41, 5.74) is 3.06. The maximum Gasteiger partial charge on any atom is 0.336 e. The Labute approximate surface area is 261 Å². The number of aromatic nitrogens is 1. The van der Waals surface area contributed by atoms with E-state index in [-0.39, 0.29) is 11.3 Å². The van der Waals surface area contributed by atoms with Crippen LogP contribution in [0, 0.1) is 0 Å². The van der Waals surface area contributed by atoms with Gasteiger partial charge < -0.3 is 19.2 Å². The lowest BCUT2D eigenvalue weighted by Gasteiger charge is -2.29. The molecular formula is C37H44N2O5. The van der Waals surface area contributed by atoms with Crippen LogP contribution in [0.1, 0.15) is 88.2 Å². The number of carbonyl (C=O) groups excluding carboxylic acids is 2. The van der Waals surface area contributed by atoms with E-state index in [1.54, 1.807) is 37.5 Å². The molecule has 0 saturated carbocycles. The molecule has 0 aliphatic rings. The van der Waals surface area contributed by atoms with Gasteiger partial charge in [0.1, 0.15) is 17.7 Å². The van der Waals surface area contributed by atoms with Crippen molar-refractivity contribution in [2.45, 2.75) is 77.7 Å². The van der Waals surface area contributed by atoms with Crippen molar-refractivity contribution in [2.24, 2.45) is 0 Å². The molecule has 7 nitrogen and oxygen atoms in total. The van der Waals surface area contributed by atoms with Gasteiger partial charge in [-0.3, -0.25) is 4.79 Å². The Morgan fingerprint density at radius 1 is 0.795 bits per heavy atom. The minimum atomic E-state index is -1.41. The molecule has 1 atom stereocenters. The average molecular weight is 597 g/mol. The van der Waals surface area contributed by atoms with Crippen LogP contribution in [0.5, 0.6) is 5.75 Å². The Hall–Kier alpha value is -4.39. The zero-order valence-electron chi connectivity index (χ0n) is 26.7. The molecule has 0 aliphatic heterocycles. The van der Waals surface area contributed by atoms with Gasteiger partial charge in [-0.05, 0) is 78.4 Å². The van der Waals surface area contributed by atoms with E-state index in [4.69, 9.17) is 13.9 Å². The molecule has 0 spiro atoms. The molecule has 0 unspecified atom stereocenters. The van der Waals surface area contributed by atoms with E-state index in [0.717, 1.165) is 35.5 Å². The summed E-state index contributed by atoms with van der Waals surface area (Å²) in [5.74, 6) is 0.336. The summed E-state index contributed by atoms with van der Waals surface area (Å²) in [4.78, 5) is 30.8. The number of oxazole rings is 1. The molecule has 0 bridgehead atoms. The van der Waals surface area contributed by atoms with E-state index in [0.29, 0.717) is 22.7 Å². The van der Waals surface area contributed by atoms with Gasteiger partial charge in [0.15, 0.2) is 5.54 Å². The zero-order chi connectivity index (χ0) is 31.7. The summed E-state index contributed by atoms with van der Waals surface area (Å²) in [6.07, 6.45) is 7.64. The summed E-state index contributed by atoms with van der Waals surface area (Å²) in [5, 5.41) is 2.89. The molecule has 1 aromatic heterocycles. The number of methoxy groups -OCH3 is 1. The van der Waals surface area contributed by atoms with Gasteiger partial charge in [-0.1, -0.05) is 77.6 Å². The number of unbranched alkanes of at least 4 members (excludes halogenated alkanes) is 4. The van der Waals surface area contributed by atoms with Crippen LogP contribution in [-0.2, 0) is 20.5 Å². The summed E-state index contributed by atoms with van der Waals surface area (Å²) < 4.78 is 16.8. The first-order valence-corrected chi connectivity index (χ1v) is 15.4. The quantitative estimate of drug-likeness (QED) is 0.123. The number of esters is 1. The number of carbonyl (C=O) groups is 2. The fourth-order valence-electron chi connectivity index (χ4n) is 4.97. The first-order valence-electron chi connectivity index (χ1n) is 15.4. The van der Waals surface area contributed by atoms with Crippen LogP contribution in [0.2, 0.25) is 0 Å². The van der Waals surface area contributed by atoms with Gasteiger partial charge in [0.05, 0.1) is 13.7 Å². The second kappa shape index (κ2) is 14.4. The number of nitrogens with zero attached hydrogens (tertiary/aromatic N) is 1. The van der Waals surface area contributed by atoms with Crippen molar-refractivity contribution >= 4 is 11.9 Å². The molecular weight excluding hydrogens is 552 g/mol. The molecule has 1 N–H and O–H groups in total. The summed E-state index contributed by atoms with van der Waals surface area (Å²) in [6, 6.07) is 22.4. The molecule has 44 heavy (non-hydrogen) atoms. The van der Waals surface area contributed by atoms with Crippen molar-refractivity contribution < 1.29 is 23.5 Å². The van der Waals surface area contributed by atoms with Gasteiger partial charge >= 0.3 is 5.97 Å². The number of amides is 1. The number of rotatable bonds is 13. The van der Waals surface area contributed by atoms with Gasteiger partial charge in [-0.25, -0.2) is 9.78 Å². The predicted molar refractivity (Wildman–Crippen MR) is 174 cm³/mol. The van der Waals surface area contributed by atoms with Crippen LogP contribution < -0.4 is 10.1 Å². The second-order valence-corrected chi connectivity index (χ2v) is 12.3. The van der Waals surface area contributed by atoms with E-state index < -0.39 is 11.5 Å². The molecule has 4 aromatic rings. The monoisotopic (exact) mass is 596 g/mol. The normalized spacial score (nSPS) is 12.8. The van der Waals surface area contributed by atoms with Crippen LogP contribution in [0.15, 0.2) is 83.5 Å². The fraction of sp³-hybridized carbons (Fsp3) is 0.378. The largest absolute Gasteiger partial charge is 0.494 e. The topological polar surface area (TPSA) is 90.7 Å². The van der Waals surface area contributed by atoms with Gasteiger partial charge in [-0.2, -0.15) is 0 Å². The SMILES string of the molecule is CCCCCCCOc1ccc(-c2coc(-c3ccc([C@](C)(NC(=O)c4ccc(C(C)(C)C)cc4)C(=O)OC)cc3)n2)cc1. The molecule has 3 aromatic carbocycles. The van der Waals surface area contributed by atoms with Gasteiger partial charge in [0.25, 0.3) is 5.91 Å². The lowest BCUT2D eigenvalue weighted by atomic mass is 9.86. The minimum absolute atomic E-state index is 0.0343.